The molecular weight excluding hydrogens is 372 g/mol. The van der Waals surface area contributed by atoms with Gasteiger partial charge in [0.1, 0.15) is 11.5 Å². The number of nitrogens with zero attached hydrogens (tertiary/aromatic N) is 1. The Hall–Kier alpha value is -2.93. The van der Waals surface area contributed by atoms with Gasteiger partial charge in [0, 0.05) is 12.6 Å². The Balaban J connectivity index is 1.64. The second kappa shape index (κ2) is 10.0. The predicted molar refractivity (Wildman–Crippen MR) is 111 cm³/mol. The van der Waals surface area contributed by atoms with E-state index in [1.54, 1.807) is 6.07 Å². The number of likely N-dealkylation sites (N-methyl/N-ethyl adjacent to an activating group) is 1. The van der Waals surface area contributed by atoms with Crippen LogP contribution in [0.25, 0.3) is 0 Å². The fraction of sp³-hybridized carbons (Fsp3) is 0.409. The maximum Gasteiger partial charge on any atom is 0.238 e. The van der Waals surface area contributed by atoms with Crippen molar-refractivity contribution in [3.8, 4) is 23.0 Å². The van der Waals surface area contributed by atoms with Crippen LogP contribution >= 0.6 is 0 Å². The Labute approximate surface area is 171 Å². The van der Waals surface area contributed by atoms with Crippen LogP contribution in [0.1, 0.15) is 26.3 Å². The lowest BCUT2D eigenvalue weighted by atomic mass is 10.2. The molecule has 7 heteroatoms. The van der Waals surface area contributed by atoms with Crippen molar-refractivity contribution < 1.29 is 23.7 Å². The highest BCUT2D eigenvalue weighted by Gasteiger charge is 2.16. The predicted octanol–water partition coefficient (Wildman–Crippen LogP) is 3.67. The van der Waals surface area contributed by atoms with Crippen LogP contribution in [0.3, 0.4) is 0 Å². The molecule has 0 aromatic heterocycles. The normalized spacial score (nSPS) is 12.1. The zero-order valence-corrected chi connectivity index (χ0v) is 17.2. The molecule has 0 fully saturated rings. The molecule has 0 unspecified atom stereocenters. The standard InChI is InChI=1S/C22H28N2O5/c1-4-24(13-16-7-9-20-21(11-16)29-15-28-20)14-22(25)23-18-12-17(26-5-2)8-10-19(18)27-6-3/h7-12H,4-6,13-15H2,1-3H3,(H,23,25). The molecule has 3 rings (SSSR count). The summed E-state index contributed by atoms with van der Waals surface area (Å²) >= 11 is 0. The molecule has 29 heavy (non-hydrogen) atoms. The average Bonchev–Trinajstić information content (AvgIpc) is 3.17. The highest BCUT2D eigenvalue weighted by atomic mass is 16.7. The molecule has 1 amide bonds. The highest BCUT2D eigenvalue weighted by Crippen LogP contribution is 2.33. The number of anilines is 1. The summed E-state index contributed by atoms with van der Waals surface area (Å²) in [5.41, 5.74) is 1.68. The largest absolute Gasteiger partial charge is 0.494 e. The van der Waals surface area contributed by atoms with Crippen molar-refractivity contribution in [1.29, 1.82) is 0 Å². The van der Waals surface area contributed by atoms with E-state index < -0.39 is 0 Å². The van der Waals surface area contributed by atoms with E-state index >= 15 is 0 Å². The molecule has 0 spiro atoms. The van der Waals surface area contributed by atoms with E-state index in [1.165, 1.54) is 0 Å². The van der Waals surface area contributed by atoms with Gasteiger partial charge in [0.15, 0.2) is 11.5 Å². The maximum atomic E-state index is 12.7. The summed E-state index contributed by atoms with van der Waals surface area (Å²) in [5.74, 6) is 2.72. The first-order valence-corrected chi connectivity index (χ1v) is 9.93. The molecule has 0 atom stereocenters. The van der Waals surface area contributed by atoms with E-state index in [9.17, 15) is 4.79 Å². The van der Waals surface area contributed by atoms with Crippen molar-refractivity contribution in [2.24, 2.45) is 0 Å². The molecule has 0 bridgehead atoms. The number of carbonyl (C=O) groups is 1. The lowest BCUT2D eigenvalue weighted by Gasteiger charge is -2.21. The minimum absolute atomic E-state index is 0.109. The Bertz CT molecular complexity index is 840. The lowest BCUT2D eigenvalue weighted by molar-refractivity contribution is -0.117. The van der Waals surface area contributed by atoms with Gasteiger partial charge < -0.3 is 24.3 Å². The Morgan fingerprint density at radius 2 is 1.83 bits per heavy atom. The Morgan fingerprint density at radius 1 is 1.03 bits per heavy atom. The van der Waals surface area contributed by atoms with Crippen LogP contribution < -0.4 is 24.3 Å². The van der Waals surface area contributed by atoms with Crippen LogP contribution in [0.4, 0.5) is 5.69 Å². The summed E-state index contributed by atoms with van der Waals surface area (Å²) in [7, 11) is 0. The van der Waals surface area contributed by atoms with Crippen LogP contribution in [-0.2, 0) is 11.3 Å². The fourth-order valence-electron chi connectivity index (χ4n) is 3.11. The average molecular weight is 400 g/mol. The molecule has 1 N–H and O–H groups in total. The summed E-state index contributed by atoms with van der Waals surface area (Å²) < 4.78 is 22.0. The number of hydrogen-bond donors (Lipinski definition) is 1. The van der Waals surface area contributed by atoms with Crippen LogP contribution in [0.5, 0.6) is 23.0 Å². The number of rotatable bonds is 10. The van der Waals surface area contributed by atoms with Gasteiger partial charge in [-0.25, -0.2) is 0 Å². The molecule has 1 heterocycles. The topological polar surface area (TPSA) is 69.3 Å². The quantitative estimate of drug-likeness (QED) is 0.656. The molecule has 1 aliphatic rings. The molecule has 0 radical (unpaired) electrons. The van der Waals surface area contributed by atoms with Gasteiger partial charge in [-0.1, -0.05) is 13.0 Å². The number of carbonyl (C=O) groups excluding carboxylic acids is 1. The van der Waals surface area contributed by atoms with E-state index in [1.807, 2.05) is 51.1 Å². The van der Waals surface area contributed by atoms with Gasteiger partial charge in [-0.3, -0.25) is 9.69 Å². The second-order valence-electron chi connectivity index (χ2n) is 6.56. The summed E-state index contributed by atoms with van der Waals surface area (Å²) in [6.07, 6.45) is 0. The number of ether oxygens (including phenoxy) is 4. The fourth-order valence-corrected chi connectivity index (χ4v) is 3.11. The number of amides is 1. The van der Waals surface area contributed by atoms with Crippen molar-refractivity contribution >= 4 is 11.6 Å². The molecule has 2 aromatic carbocycles. The van der Waals surface area contributed by atoms with Gasteiger partial charge in [-0.05, 0) is 50.2 Å². The van der Waals surface area contributed by atoms with Crippen LogP contribution in [0.2, 0.25) is 0 Å². The monoisotopic (exact) mass is 400 g/mol. The lowest BCUT2D eigenvalue weighted by Crippen LogP contribution is -2.32. The third-order valence-corrected chi connectivity index (χ3v) is 4.49. The second-order valence-corrected chi connectivity index (χ2v) is 6.56. The van der Waals surface area contributed by atoms with Crippen molar-refractivity contribution in [1.82, 2.24) is 4.90 Å². The first-order valence-electron chi connectivity index (χ1n) is 9.93. The minimum Gasteiger partial charge on any atom is -0.494 e. The molecular formula is C22H28N2O5. The first kappa shape index (κ1) is 20.8. The molecule has 0 saturated carbocycles. The first-order chi connectivity index (χ1) is 14.1. The van der Waals surface area contributed by atoms with Crippen molar-refractivity contribution in [2.45, 2.75) is 27.3 Å². The highest BCUT2D eigenvalue weighted by molar-refractivity contribution is 5.94. The summed E-state index contributed by atoms with van der Waals surface area (Å²) in [6, 6.07) is 11.3. The van der Waals surface area contributed by atoms with Crippen LogP contribution in [0, 0.1) is 0 Å². The van der Waals surface area contributed by atoms with Gasteiger partial charge in [-0.2, -0.15) is 0 Å². The summed E-state index contributed by atoms with van der Waals surface area (Å²) in [6.45, 7) is 8.81. The maximum absolute atomic E-state index is 12.7. The van der Waals surface area contributed by atoms with Crippen molar-refractivity contribution in [3.05, 3.63) is 42.0 Å². The number of nitrogens with one attached hydrogen (secondary N) is 1. The minimum atomic E-state index is -0.109. The SMILES string of the molecule is CCOc1ccc(OCC)c(NC(=O)CN(CC)Cc2ccc3c(c2)OCO3)c1. The van der Waals surface area contributed by atoms with Gasteiger partial charge in [-0.15, -0.1) is 0 Å². The molecule has 0 saturated heterocycles. The van der Waals surface area contributed by atoms with E-state index in [2.05, 4.69) is 10.2 Å². The molecule has 156 valence electrons. The Kier molecular flexibility index (Phi) is 7.19. The van der Waals surface area contributed by atoms with Gasteiger partial charge >= 0.3 is 0 Å². The van der Waals surface area contributed by atoms with Gasteiger partial charge in [0.2, 0.25) is 12.7 Å². The number of benzene rings is 2. The number of hydrogen-bond acceptors (Lipinski definition) is 6. The van der Waals surface area contributed by atoms with E-state index in [0.29, 0.717) is 36.9 Å². The third kappa shape index (κ3) is 5.54. The summed E-state index contributed by atoms with van der Waals surface area (Å²) in [5, 5.41) is 2.96. The summed E-state index contributed by atoms with van der Waals surface area (Å²) in [4.78, 5) is 14.7. The van der Waals surface area contributed by atoms with Gasteiger partial charge in [0.05, 0.1) is 25.4 Å². The molecule has 7 nitrogen and oxygen atoms in total. The Morgan fingerprint density at radius 3 is 2.59 bits per heavy atom. The van der Waals surface area contributed by atoms with Crippen molar-refractivity contribution in [2.75, 3.05) is 38.4 Å². The van der Waals surface area contributed by atoms with Crippen LogP contribution in [-0.4, -0.2) is 43.9 Å². The van der Waals surface area contributed by atoms with Crippen LogP contribution in [0.15, 0.2) is 36.4 Å². The van der Waals surface area contributed by atoms with E-state index in [-0.39, 0.29) is 19.2 Å². The van der Waals surface area contributed by atoms with E-state index in [0.717, 1.165) is 23.6 Å². The molecule has 0 aliphatic carbocycles. The molecule has 1 aliphatic heterocycles. The van der Waals surface area contributed by atoms with E-state index in [4.69, 9.17) is 18.9 Å². The molecule has 2 aromatic rings. The van der Waals surface area contributed by atoms with Crippen molar-refractivity contribution in [3.63, 3.8) is 0 Å². The number of fused-ring (bicyclic) bond motifs is 1. The zero-order chi connectivity index (χ0) is 20.6. The zero-order valence-electron chi connectivity index (χ0n) is 17.2. The smallest absolute Gasteiger partial charge is 0.238 e. The van der Waals surface area contributed by atoms with Gasteiger partial charge in [0.25, 0.3) is 0 Å². The third-order valence-electron chi connectivity index (χ3n) is 4.49.